The maximum Gasteiger partial charge on any atom is 0.122 e. The van der Waals surface area contributed by atoms with Crippen LogP contribution in [0.15, 0.2) is 12.4 Å². The number of hydrogen-bond donors (Lipinski definition) is 1. The minimum absolute atomic E-state index is 0.190. The first-order chi connectivity index (χ1) is 6.61. The zero-order chi connectivity index (χ0) is 10.6. The molecule has 2 atom stereocenters. The van der Waals surface area contributed by atoms with Gasteiger partial charge in [0.15, 0.2) is 0 Å². The second-order valence-electron chi connectivity index (χ2n) is 3.39. The standard InChI is InChI=1S/C9H17N3OS/c1-8(14(3)13)6-10-7-9-11-4-5-12(9)2/h4-5,8,10H,6-7H2,1-3H3. The molecule has 0 aromatic carbocycles. The van der Waals surface area contributed by atoms with E-state index in [0.717, 1.165) is 18.9 Å². The summed E-state index contributed by atoms with van der Waals surface area (Å²) in [6.07, 6.45) is 5.42. The summed E-state index contributed by atoms with van der Waals surface area (Å²) in [4.78, 5) is 4.18. The molecular formula is C9H17N3OS. The number of nitrogens with zero attached hydrogens (tertiary/aromatic N) is 2. The minimum atomic E-state index is -0.754. The molecule has 1 rings (SSSR count). The summed E-state index contributed by atoms with van der Waals surface area (Å²) in [6.45, 7) is 3.46. The van der Waals surface area contributed by atoms with Gasteiger partial charge in [-0.25, -0.2) is 4.98 Å². The molecule has 2 unspecified atom stereocenters. The maximum atomic E-state index is 11.1. The van der Waals surface area contributed by atoms with Gasteiger partial charge in [0.05, 0.1) is 6.54 Å². The van der Waals surface area contributed by atoms with Crippen LogP contribution in [0.4, 0.5) is 0 Å². The third-order valence-corrected chi connectivity index (χ3v) is 3.50. The second kappa shape index (κ2) is 5.26. The Hall–Kier alpha value is -0.680. The maximum absolute atomic E-state index is 11.1. The molecule has 0 saturated heterocycles. The van der Waals surface area contributed by atoms with Crippen LogP contribution in [0.3, 0.4) is 0 Å². The molecule has 1 aromatic rings. The van der Waals surface area contributed by atoms with Crippen LogP contribution in [0.1, 0.15) is 12.7 Å². The second-order valence-corrected chi connectivity index (χ2v) is 5.20. The van der Waals surface area contributed by atoms with Crippen molar-refractivity contribution in [2.45, 2.75) is 18.7 Å². The normalized spacial score (nSPS) is 15.4. The average Bonchev–Trinajstić information content (AvgIpc) is 2.51. The number of imidazole rings is 1. The van der Waals surface area contributed by atoms with Gasteiger partial charge in [-0.05, 0) is 6.92 Å². The van der Waals surface area contributed by atoms with Gasteiger partial charge >= 0.3 is 0 Å². The van der Waals surface area contributed by atoms with Crippen LogP contribution in [0.25, 0.3) is 0 Å². The summed E-state index contributed by atoms with van der Waals surface area (Å²) in [5, 5.41) is 3.42. The molecule has 14 heavy (non-hydrogen) atoms. The summed E-state index contributed by atoms with van der Waals surface area (Å²) in [6, 6.07) is 0. The first-order valence-electron chi connectivity index (χ1n) is 4.60. The molecule has 0 aliphatic heterocycles. The molecule has 0 aliphatic carbocycles. The Morgan fingerprint density at radius 1 is 1.71 bits per heavy atom. The van der Waals surface area contributed by atoms with Crippen LogP contribution >= 0.6 is 0 Å². The van der Waals surface area contributed by atoms with Gasteiger partial charge in [0.25, 0.3) is 0 Å². The van der Waals surface area contributed by atoms with Gasteiger partial charge in [-0.15, -0.1) is 0 Å². The van der Waals surface area contributed by atoms with Crippen molar-refractivity contribution in [1.29, 1.82) is 0 Å². The Morgan fingerprint density at radius 3 is 2.93 bits per heavy atom. The fourth-order valence-corrected chi connectivity index (χ4v) is 1.42. The fourth-order valence-electron chi connectivity index (χ4n) is 1.07. The Labute approximate surface area is 87.2 Å². The molecule has 0 radical (unpaired) electrons. The molecular weight excluding hydrogens is 198 g/mol. The van der Waals surface area contributed by atoms with Gasteiger partial charge < -0.3 is 9.88 Å². The number of aromatic nitrogens is 2. The van der Waals surface area contributed by atoms with Crippen molar-refractivity contribution in [3.05, 3.63) is 18.2 Å². The monoisotopic (exact) mass is 215 g/mol. The molecule has 4 nitrogen and oxygen atoms in total. The summed E-state index contributed by atoms with van der Waals surface area (Å²) in [5.74, 6) is 0.999. The average molecular weight is 215 g/mol. The molecule has 5 heteroatoms. The number of nitrogens with one attached hydrogen (secondary N) is 1. The van der Waals surface area contributed by atoms with Crippen molar-refractivity contribution in [3.8, 4) is 0 Å². The third kappa shape index (κ3) is 3.23. The molecule has 0 aliphatic rings. The molecule has 80 valence electrons. The first kappa shape index (κ1) is 11.4. The van der Waals surface area contributed by atoms with Gasteiger partial charge in [0.1, 0.15) is 5.82 Å². The lowest BCUT2D eigenvalue weighted by Gasteiger charge is -2.09. The van der Waals surface area contributed by atoms with Crippen molar-refractivity contribution in [1.82, 2.24) is 14.9 Å². The molecule has 1 N–H and O–H groups in total. The number of rotatable bonds is 5. The van der Waals surface area contributed by atoms with E-state index in [2.05, 4.69) is 10.3 Å². The molecule has 0 spiro atoms. The van der Waals surface area contributed by atoms with Crippen molar-refractivity contribution in [2.75, 3.05) is 12.8 Å². The van der Waals surface area contributed by atoms with Crippen molar-refractivity contribution >= 4 is 10.8 Å². The quantitative estimate of drug-likeness (QED) is 0.767. The van der Waals surface area contributed by atoms with Gasteiger partial charge in [-0.2, -0.15) is 0 Å². The van der Waals surface area contributed by atoms with Gasteiger partial charge in [-0.3, -0.25) is 4.21 Å². The van der Waals surface area contributed by atoms with Gasteiger partial charge in [0, 0.05) is 48.3 Å². The predicted molar refractivity (Wildman–Crippen MR) is 58.4 cm³/mol. The highest BCUT2D eigenvalue weighted by molar-refractivity contribution is 7.84. The zero-order valence-corrected chi connectivity index (χ0v) is 9.67. The van der Waals surface area contributed by atoms with E-state index in [4.69, 9.17) is 0 Å². The van der Waals surface area contributed by atoms with Crippen molar-refractivity contribution in [3.63, 3.8) is 0 Å². The summed E-state index contributed by atoms with van der Waals surface area (Å²) in [5.41, 5.74) is 0. The van der Waals surface area contributed by atoms with E-state index in [0.29, 0.717) is 0 Å². The van der Waals surface area contributed by atoms with Crippen molar-refractivity contribution in [2.24, 2.45) is 7.05 Å². The molecule has 0 amide bonds. The lowest BCUT2D eigenvalue weighted by atomic mass is 10.4. The SMILES string of the molecule is CC(CNCc1nccn1C)S(C)=O. The first-order valence-corrected chi connectivity index (χ1v) is 6.22. The fraction of sp³-hybridized carbons (Fsp3) is 0.667. The van der Waals surface area contributed by atoms with Crippen LogP contribution in [-0.2, 0) is 24.4 Å². The van der Waals surface area contributed by atoms with E-state index in [9.17, 15) is 4.21 Å². The Kier molecular flexibility index (Phi) is 4.28. The Morgan fingerprint density at radius 2 is 2.43 bits per heavy atom. The van der Waals surface area contributed by atoms with Crippen LogP contribution in [0.2, 0.25) is 0 Å². The summed E-state index contributed by atoms with van der Waals surface area (Å²) >= 11 is 0. The highest BCUT2D eigenvalue weighted by atomic mass is 32.2. The van der Waals surface area contributed by atoms with Gasteiger partial charge in [0.2, 0.25) is 0 Å². The van der Waals surface area contributed by atoms with Crippen LogP contribution in [0, 0.1) is 0 Å². The smallest absolute Gasteiger partial charge is 0.122 e. The highest BCUT2D eigenvalue weighted by Gasteiger charge is 2.05. The van der Waals surface area contributed by atoms with Gasteiger partial charge in [-0.1, -0.05) is 0 Å². The summed E-state index contributed by atoms with van der Waals surface area (Å²) in [7, 11) is 1.21. The Bertz CT molecular complexity index is 311. The molecule has 0 saturated carbocycles. The highest BCUT2D eigenvalue weighted by Crippen LogP contribution is 1.94. The van der Waals surface area contributed by atoms with E-state index < -0.39 is 10.8 Å². The third-order valence-electron chi connectivity index (χ3n) is 2.20. The van der Waals surface area contributed by atoms with E-state index in [1.807, 2.05) is 24.7 Å². The predicted octanol–water partition coefficient (Wildman–Crippen LogP) is 0.277. The molecule has 0 bridgehead atoms. The molecule has 1 heterocycles. The zero-order valence-electron chi connectivity index (χ0n) is 8.86. The lowest BCUT2D eigenvalue weighted by molar-refractivity contribution is 0.621. The largest absolute Gasteiger partial charge is 0.337 e. The topological polar surface area (TPSA) is 46.9 Å². The number of aryl methyl sites for hydroxylation is 1. The van der Waals surface area contributed by atoms with Crippen LogP contribution in [-0.4, -0.2) is 31.8 Å². The Balaban J connectivity index is 2.29. The van der Waals surface area contributed by atoms with Crippen molar-refractivity contribution < 1.29 is 4.21 Å². The van der Waals surface area contributed by atoms with Crippen LogP contribution < -0.4 is 5.32 Å². The lowest BCUT2D eigenvalue weighted by Crippen LogP contribution is -2.28. The van der Waals surface area contributed by atoms with Crippen LogP contribution in [0.5, 0.6) is 0 Å². The van der Waals surface area contributed by atoms with E-state index in [1.54, 1.807) is 12.5 Å². The molecule has 0 fully saturated rings. The minimum Gasteiger partial charge on any atom is -0.337 e. The number of hydrogen-bond acceptors (Lipinski definition) is 3. The van der Waals surface area contributed by atoms with E-state index >= 15 is 0 Å². The van der Waals surface area contributed by atoms with E-state index in [-0.39, 0.29) is 5.25 Å². The summed E-state index contributed by atoms with van der Waals surface area (Å²) < 4.78 is 13.0. The molecule has 1 aromatic heterocycles. The van der Waals surface area contributed by atoms with E-state index in [1.165, 1.54) is 0 Å².